The fourth-order valence-corrected chi connectivity index (χ4v) is 2.78. The SMILES string of the molecule is CCCCC/C=C\C/C=C\C/C=C\C/C=C\CCCC(=O)Nc1ccc(O)cc1O. The number of unbranched alkanes of at least 4 members (excludes halogenated alkanes) is 4. The Bertz CT molecular complexity index is 717. The summed E-state index contributed by atoms with van der Waals surface area (Å²) in [6.07, 6.45) is 27.4. The molecule has 0 atom stereocenters. The Labute approximate surface area is 181 Å². The van der Waals surface area contributed by atoms with E-state index in [1.807, 2.05) is 0 Å². The lowest BCUT2D eigenvalue weighted by atomic mass is 10.2. The van der Waals surface area contributed by atoms with Crippen molar-refractivity contribution in [3.63, 3.8) is 0 Å². The molecule has 0 aromatic heterocycles. The molecule has 0 radical (unpaired) electrons. The summed E-state index contributed by atoms with van der Waals surface area (Å²) in [5, 5.41) is 21.6. The van der Waals surface area contributed by atoms with Crippen molar-refractivity contribution in [3.8, 4) is 11.5 Å². The minimum atomic E-state index is -0.146. The zero-order valence-corrected chi connectivity index (χ0v) is 18.2. The standard InChI is InChI=1S/C26H37NO3/c1-2-3-4-5-6-7-8-9-10-11-12-13-14-15-16-17-18-19-26(30)27-24-21-20-23(28)22-25(24)29/h6-7,9-10,12-13,15-16,20-22,28-29H,2-5,8,11,14,17-19H2,1H3,(H,27,30)/b7-6-,10-9-,13-12-,16-15-. The summed E-state index contributed by atoms with van der Waals surface area (Å²) < 4.78 is 0. The number of benzene rings is 1. The van der Waals surface area contributed by atoms with Crippen LogP contribution >= 0.6 is 0 Å². The molecule has 1 amide bonds. The summed E-state index contributed by atoms with van der Waals surface area (Å²) in [6, 6.07) is 4.11. The molecule has 0 bridgehead atoms. The van der Waals surface area contributed by atoms with Crippen molar-refractivity contribution >= 4 is 11.6 Å². The number of allylic oxidation sites excluding steroid dienone is 8. The van der Waals surface area contributed by atoms with Crippen LogP contribution in [0.15, 0.2) is 66.8 Å². The molecule has 0 fully saturated rings. The third-order valence-corrected chi connectivity index (χ3v) is 4.49. The highest BCUT2D eigenvalue weighted by atomic mass is 16.3. The summed E-state index contributed by atoms with van der Waals surface area (Å²) in [5.74, 6) is -0.318. The Kier molecular flexibility index (Phi) is 14.4. The Balaban J connectivity index is 2.03. The molecule has 4 heteroatoms. The molecule has 0 heterocycles. The van der Waals surface area contributed by atoms with Gasteiger partial charge in [0.25, 0.3) is 0 Å². The van der Waals surface area contributed by atoms with Gasteiger partial charge in [0, 0.05) is 12.5 Å². The van der Waals surface area contributed by atoms with Crippen molar-refractivity contribution in [2.24, 2.45) is 0 Å². The number of phenols is 2. The zero-order chi connectivity index (χ0) is 21.9. The van der Waals surface area contributed by atoms with Crippen molar-refractivity contribution in [1.82, 2.24) is 0 Å². The summed E-state index contributed by atoms with van der Waals surface area (Å²) in [7, 11) is 0. The van der Waals surface area contributed by atoms with Crippen LogP contribution in [0.3, 0.4) is 0 Å². The van der Waals surface area contributed by atoms with Gasteiger partial charge in [-0.05, 0) is 57.1 Å². The van der Waals surface area contributed by atoms with Crippen LogP contribution in [0.25, 0.3) is 0 Å². The molecule has 0 spiro atoms. The predicted molar refractivity (Wildman–Crippen MR) is 127 cm³/mol. The summed E-state index contributed by atoms with van der Waals surface area (Å²) >= 11 is 0. The molecule has 1 rings (SSSR count). The first-order valence-corrected chi connectivity index (χ1v) is 11.0. The van der Waals surface area contributed by atoms with Crippen LogP contribution in [0.2, 0.25) is 0 Å². The molecule has 30 heavy (non-hydrogen) atoms. The summed E-state index contributed by atoms with van der Waals surface area (Å²) in [5.41, 5.74) is 0.315. The topological polar surface area (TPSA) is 69.6 Å². The molecule has 3 N–H and O–H groups in total. The number of aromatic hydroxyl groups is 2. The van der Waals surface area contributed by atoms with Crippen LogP contribution in [0.4, 0.5) is 5.69 Å². The maximum Gasteiger partial charge on any atom is 0.224 e. The molecular weight excluding hydrogens is 374 g/mol. The monoisotopic (exact) mass is 411 g/mol. The van der Waals surface area contributed by atoms with Gasteiger partial charge in [-0.2, -0.15) is 0 Å². The second-order valence-corrected chi connectivity index (χ2v) is 7.23. The van der Waals surface area contributed by atoms with E-state index in [4.69, 9.17) is 0 Å². The Morgan fingerprint density at radius 1 is 0.833 bits per heavy atom. The molecule has 1 aromatic rings. The molecule has 4 nitrogen and oxygen atoms in total. The van der Waals surface area contributed by atoms with E-state index in [0.29, 0.717) is 12.1 Å². The fraction of sp³-hybridized carbons (Fsp3) is 0.423. The third kappa shape index (κ3) is 13.4. The lowest BCUT2D eigenvalue weighted by Crippen LogP contribution is -2.10. The van der Waals surface area contributed by atoms with Gasteiger partial charge in [0.1, 0.15) is 11.5 Å². The largest absolute Gasteiger partial charge is 0.508 e. The number of nitrogens with one attached hydrogen (secondary N) is 1. The van der Waals surface area contributed by atoms with Crippen molar-refractivity contribution in [2.75, 3.05) is 5.32 Å². The van der Waals surface area contributed by atoms with Gasteiger partial charge in [0.05, 0.1) is 5.69 Å². The Morgan fingerprint density at radius 3 is 1.97 bits per heavy atom. The highest BCUT2D eigenvalue weighted by molar-refractivity contribution is 5.92. The quantitative estimate of drug-likeness (QED) is 0.124. The molecule has 0 saturated heterocycles. The fourth-order valence-electron chi connectivity index (χ4n) is 2.78. The van der Waals surface area contributed by atoms with Crippen LogP contribution < -0.4 is 5.32 Å². The molecule has 1 aromatic carbocycles. The predicted octanol–water partition coefficient (Wildman–Crippen LogP) is 7.18. The lowest BCUT2D eigenvalue weighted by molar-refractivity contribution is -0.116. The zero-order valence-electron chi connectivity index (χ0n) is 18.2. The van der Waals surface area contributed by atoms with Crippen molar-refractivity contribution < 1.29 is 15.0 Å². The number of anilines is 1. The van der Waals surface area contributed by atoms with Gasteiger partial charge in [0.15, 0.2) is 0 Å². The Morgan fingerprint density at radius 2 is 1.40 bits per heavy atom. The van der Waals surface area contributed by atoms with E-state index in [0.717, 1.165) is 32.1 Å². The number of hydrogen-bond donors (Lipinski definition) is 3. The molecule has 0 aliphatic rings. The summed E-state index contributed by atoms with van der Waals surface area (Å²) in [4.78, 5) is 11.9. The molecule has 0 unspecified atom stereocenters. The first-order chi connectivity index (χ1) is 14.6. The molecule has 0 saturated carbocycles. The van der Waals surface area contributed by atoms with Gasteiger partial charge in [0.2, 0.25) is 5.91 Å². The van der Waals surface area contributed by atoms with Gasteiger partial charge >= 0.3 is 0 Å². The number of hydrogen-bond acceptors (Lipinski definition) is 3. The number of carbonyl (C=O) groups excluding carboxylic acids is 1. The average Bonchev–Trinajstić information content (AvgIpc) is 2.72. The first kappa shape index (κ1) is 25.3. The van der Waals surface area contributed by atoms with Crippen molar-refractivity contribution in [3.05, 3.63) is 66.8 Å². The van der Waals surface area contributed by atoms with Gasteiger partial charge in [-0.15, -0.1) is 0 Å². The smallest absolute Gasteiger partial charge is 0.224 e. The van der Waals surface area contributed by atoms with E-state index in [1.165, 1.54) is 43.9 Å². The van der Waals surface area contributed by atoms with Crippen LogP contribution in [0.5, 0.6) is 11.5 Å². The van der Waals surface area contributed by atoms with E-state index >= 15 is 0 Å². The second-order valence-electron chi connectivity index (χ2n) is 7.23. The summed E-state index contributed by atoms with van der Waals surface area (Å²) in [6.45, 7) is 2.23. The minimum Gasteiger partial charge on any atom is -0.508 e. The van der Waals surface area contributed by atoms with E-state index < -0.39 is 0 Å². The molecule has 164 valence electrons. The van der Waals surface area contributed by atoms with E-state index in [-0.39, 0.29) is 17.4 Å². The number of carbonyl (C=O) groups is 1. The van der Waals surface area contributed by atoms with Crippen LogP contribution in [-0.4, -0.2) is 16.1 Å². The number of amides is 1. The average molecular weight is 412 g/mol. The highest BCUT2D eigenvalue weighted by Gasteiger charge is 2.06. The van der Waals surface area contributed by atoms with Crippen LogP contribution in [0.1, 0.15) is 71.1 Å². The Hall–Kier alpha value is -2.75. The van der Waals surface area contributed by atoms with Crippen molar-refractivity contribution in [1.29, 1.82) is 0 Å². The van der Waals surface area contributed by atoms with Crippen molar-refractivity contribution in [2.45, 2.75) is 71.1 Å². The van der Waals surface area contributed by atoms with Crippen LogP contribution in [-0.2, 0) is 4.79 Å². The molecular formula is C26H37NO3. The van der Waals surface area contributed by atoms with E-state index in [9.17, 15) is 15.0 Å². The number of phenolic OH excluding ortho intramolecular Hbond substituents is 2. The lowest BCUT2D eigenvalue weighted by Gasteiger charge is -2.07. The maximum absolute atomic E-state index is 11.9. The first-order valence-electron chi connectivity index (χ1n) is 11.0. The maximum atomic E-state index is 11.9. The van der Waals surface area contributed by atoms with Gasteiger partial charge in [-0.3, -0.25) is 4.79 Å². The van der Waals surface area contributed by atoms with Crippen LogP contribution in [0, 0.1) is 0 Å². The molecule has 0 aliphatic carbocycles. The van der Waals surface area contributed by atoms with Gasteiger partial charge in [-0.1, -0.05) is 68.4 Å². The normalized spacial score (nSPS) is 12.0. The van der Waals surface area contributed by atoms with E-state index in [2.05, 4.69) is 60.8 Å². The minimum absolute atomic E-state index is 0.0361. The van der Waals surface area contributed by atoms with E-state index in [1.54, 1.807) is 0 Å². The highest BCUT2D eigenvalue weighted by Crippen LogP contribution is 2.27. The third-order valence-electron chi connectivity index (χ3n) is 4.49. The number of rotatable bonds is 15. The van der Waals surface area contributed by atoms with Gasteiger partial charge in [-0.25, -0.2) is 0 Å². The second kappa shape index (κ2) is 17.1. The van der Waals surface area contributed by atoms with Gasteiger partial charge < -0.3 is 15.5 Å². The molecule has 0 aliphatic heterocycles.